The highest BCUT2D eigenvalue weighted by Gasteiger charge is 2.19. The number of amides is 1. The van der Waals surface area contributed by atoms with Crippen molar-refractivity contribution in [1.29, 1.82) is 0 Å². The summed E-state index contributed by atoms with van der Waals surface area (Å²) in [4.78, 5) is 42.7. The number of esters is 1. The zero-order valence-electron chi connectivity index (χ0n) is 14.4. The first-order valence-electron chi connectivity index (χ1n) is 7.59. The molecule has 2 rings (SSSR count). The molecule has 1 amide bonds. The van der Waals surface area contributed by atoms with E-state index in [2.05, 4.69) is 15.3 Å². The number of ether oxygens (including phenoxy) is 1. The number of thiophene rings is 1. The van der Waals surface area contributed by atoms with Crippen LogP contribution in [-0.4, -0.2) is 34.2 Å². The molecule has 2 N–H and O–H groups in total. The van der Waals surface area contributed by atoms with E-state index >= 15 is 0 Å². The van der Waals surface area contributed by atoms with Crippen molar-refractivity contribution in [3.8, 4) is 0 Å². The Morgan fingerprint density at radius 2 is 2.04 bits per heavy atom. The Bertz CT molecular complexity index is 858. The van der Waals surface area contributed by atoms with Crippen LogP contribution in [0.5, 0.6) is 0 Å². The van der Waals surface area contributed by atoms with Crippen LogP contribution in [0.15, 0.2) is 16.0 Å². The van der Waals surface area contributed by atoms with E-state index in [9.17, 15) is 14.4 Å². The highest BCUT2D eigenvalue weighted by molar-refractivity contribution is 7.99. The summed E-state index contributed by atoms with van der Waals surface area (Å²) in [7, 11) is 0. The minimum Gasteiger partial charge on any atom is -0.462 e. The summed E-state index contributed by atoms with van der Waals surface area (Å²) < 4.78 is 5.02. The van der Waals surface area contributed by atoms with Crippen molar-refractivity contribution in [2.24, 2.45) is 0 Å². The lowest BCUT2D eigenvalue weighted by Crippen LogP contribution is -2.15. The summed E-state index contributed by atoms with van der Waals surface area (Å²) in [6.45, 7) is 7.43. The van der Waals surface area contributed by atoms with Gasteiger partial charge in [0.25, 0.3) is 5.56 Å². The molecule has 9 heteroatoms. The Morgan fingerprint density at radius 1 is 1.32 bits per heavy atom. The minimum atomic E-state index is -0.385. The third-order valence-corrected chi connectivity index (χ3v) is 5.51. The van der Waals surface area contributed by atoms with Crippen LogP contribution in [0.4, 0.5) is 5.00 Å². The number of aromatic amines is 1. The fraction of sp³-hybridized carbons (Fsp3) is 0.375. The number of H-pyrrole nitrogens is 1. The van der Waals surface area contributed by atoms with Crippen LogP contribution >= 0.6 is 23.1 Å². The van der Waals surface area contributed by atoms with E-state index in [4.69, 9.17) is 4.74 Å². The molecule has 0 unspecified atom stereocenters. The van der Waals surface area contributed by atoms with Gasteiger partial charge in [-0.2, -0.15) is 0 Å². The smallest absolute Gasteiger partial charge is 0.348 e. The first-order valence-corrected chi connectivity index (χ1v) is 9.39. The number of thioether (sulfide) groups is 1. The van der Waals surface area contributed by atoms with E-state index < -0.39 is 0 Å². The van der Waals surface area contributed by atoms with Crippen LogP contribution in [-0.2, 0) is 9.53 Å². The Hall–Kier alpha value is -2.13. The fourth-order valence-electron chi connectivity index (χ4n) is 2.02. The molecule has 25 heavy (non-hydrogen) atoms. The number of nitrogens with one attached hydrogen (secondary N) is 2. The number of carbonyl (C=O) groups excluding carboxylic acids is 2. The number of aromatic nitrogens is 2. The maximum atomic E-state index is 12.2. The quantitative estimate of drug-likeness (QED) is 0.453. The standard InChI is InChI=1S/C16H19N3O4S2/c1-5-23-15(22)13-9(3)10(4)14(25-13)18-12(21)7-24-16-17-8(2)6-11(20)19-16/h6H,5,7H2,1-4H3,(H,18,21)(H,17,19,20). The Labute approximate surface area is 153 Å². The van der Waals surface area contributed by atoms with Gasteiger partial charge in [0, 0.05) is 11.8 Å². The summed E-state index contributed by atoms with van der Waals surface area (Å²) in [6, 6.07) is 1.39. The number of rotatable bonds is 6. The normalized spacial score (nSPS) is 10.6. The molecule has 0 atom stereocenters. The van der Waals surface area contributed by atoms with Crippen molar-refractivity contribution in [3.63, 3.8) is 0 Å². The monoisotopic (exact) mass is 381 g/mol. The summed E-state index contributed by atoms with van der Waals surface area (Å²) in [5, 5.41) is 3.82. The van der Waals surface area contributed by atoms with Crippen molar-refractivity contribution < 1.29 is 14.3 Å². The Morgan fingerprint density at radius 3 is 2.68 bits per heavy atom. The average molecular weight is 381 g/mol. The zero-order valence-corrected chi connectivity index (χ0v) is 16.0. The lowest BCUT2D eigenvalue weighted by molar-refractivity contribution is -0.113. The van der Waals surface area contributed by atoms with Gasteiger partial charge < -0.3 is 15.0 Å². The lowest BCUT2D eigenvalue weighted by atomic mass is 10.2. The predicted octanol–water partition coefficient (Wildman–Crippen LogP) is 2.66. The Balaban J connectivity index is 2.04. The molecule has 134 valence electrons. The van der Waals surface area contributed by atoms with E-state index in [-0.39, 0.29) is 23.2 Å². The van der Waals surface area contributed by atoms with E-state index in [1.165, 1.54) is 17.4 Å². The highest BCUT2D eigenvalue weighted by Crippen LogP contribution is 2.33. The van der Waals surface area contributed by atoms with Crippen molar-refractivity contribution in [2.75, 3.05) is 17.7 Å². The van der Waals surface area contributed by atoms with Gasteiger partial charge >= 0.3 is 5.97 Å². The second-order valence-corrected chi connectivity index (χ2v) is 7.24. The molecule has 7 nitrogen and oxygen atoms in total. The van der Waals surface area contributed by atoms with Crippen molar-refractivity contribution in [2.45, 2.75) is 32.9 Å². The van der Waals surface area contributed by atoms with Crippen LogP contribution < -0.4 is 10.9 Å². The van der Waals surface area contributed by atoms with E-state index in [1.54, 1.807) is 13.8 Å². The van der Waals surface area contributed by atoms with Gasteiger partial charge in [-0.05, 0) is 38.8 Å². The summed E-state index contributed by atoms with van der Waals surface area (Å²) >= 11 is 2.34. The zero-order chi connectivity index (χ0) is 18.6. The van der Waals surface area contributed by atoms with Crippen molar-refractivity contribution in [1.82, 2.24) is 9.97 Å². The molecule has 0 aliphatic rings. The van der Waals surface area contributed by atoms with Crippen LogP contribution in [0, 0.1) is 20.8 Å². The van der Waals surface area contributed by atoms with Gasteiger partial charge in [0.15, 0.2) is 5.16 Å². The second kappa shape index (κ2) is 8.30. The van der Waals surface area contributed by atoms with Crippen LogP contribution in [0.1, 0.15) is 33.4 Å². The molecule has 0 fully saturated rings. The van der Waals surface area contributed by atoms with Gasteiger partial charge in [0.1, 0.15) is 4.88 Å². The largest absolute Gasteiger partial charge is 0.462 e. The van der Waals surface area contributed by atoms with E-state index in [0.29, 0.717) is 27.3 Å². The molecule has 0 aliphatic heterocycles. The third kappa shape index (κ3) is 4.93. The van der Waals surface area contributed by atoms with Crippen LogP contribution in [0.2, 0.25) is 0 Å². The van der Waals surface area contributed by atoms with Crippen LogP contribution in [0.25, 0.3) is 0 Å². The maximum Gasteiger partial charge on any atom is 0.348 e. The predicted molar refractivity (Wildman–Crippen MR) is 98.7 cm³/mol. The number of hydrogen-bond acceptors (Lipinski definition) is 7. The van der Waals surface area contributed by atoms with Gasteiger partial charge in [-0.15, -0.1) is 11.3 Å². The van der Waals surface area contributed by atoms with Crippen molar-refractivity contribution >= 4 is 40.0 Å². The summed E-state index contributed by atoms with van der Waals surface area (Å²) in [5.74, 6) is -0.532. The highest BCUT2D eigenvalue weighted by atomic mass is 32.2. The summed E-state index contributed by atoms with van der Waals surface area (Å²) in [6.07, 6.45) is 0. The molecule has 0 bridgehead atoms. The number of hydrogen-bond donors (Lipinski definition) is 2. The second-order valence-electron chi connectivity index (χ2n) is 5.26. The number of aryl methyl sites for hydroxylation is 1. The molecule has 0 spiro atoms. The van der Waals surface area contributed by atoms with Gasteiger partial charge in [0.05, 0.1) is 17.4 Å². The van der Waals surface area contributed by atoms with Crippen molar-refractivity contribution in [3.05, 3.63) is 38.1 Å². The van der Waals surface area contributed by atoms with Gasteiger partial charge in [-0.3, -0.25) is 9.59 Å². The molecule has 0 radical (unpaired) electrons. The molecule has 0 saturated carbocycles. The first kappa shape index (κ1) is 19.2. The number of nitrogens with zero attached hydrogens (tertiary/aromatic N) is 1. The van der Waals surface area contributed by atoms with Gasteiger partial charge in [-0.25, -0.2) is 9.78 Å². The first-order chi connectivity index (χ1) is 11.8. The molecule has 0 aromatic carbocycles. The molecule has 0 aliphatic carbocycles. The molecular formula is C16H19N3O4S2. The molecule has 2 aromatic heterocycles. The topological polar surface area (TPSA) is 101 Å². The number of carbonyl (C=O) groups is 2. The van der Waals surface area contributed by atoms with Gasteiger partial charge in [-0.1, -0.05) is 11.8 Å². The third-order valence-electron chi connectivity index (χ3n) is 3.35. The van der Waals surface area contributed by atoms with Crippen LogP contribution in [0.3, 0.4) is 0 Å². The van der Waals surface area contributed by atoms with Gasteiger partial charge in [0.2, 0.25) is 5.91 Å². The molecule has 2 heterocycles. The molecular weight excluding hydrogens is 362 g/mol. The minimum absolute atomic E-state index is 0.0948. The number of anilines is 1. The molecule has 2 aromatic rings. The van der Waals surface area contributed by atoms with E-state index in [1.807, 2.05) is 13.8 Å². The SMILES string of the molecule is CCOC(=O)c1sc(NC(=O)CSc2nc(C)cc(=O)[nH]2)c(C)c1C. The average Bonchev–Trinajstić information content (AvgIpc) is 2.81. The molecule has 0 saturated heterocycles. The lowest BCUT2D eigenvalue weighted by Gasteiger charge is -2.04. The maximum absolute atomic E-state index is 12.2. The van der Waals surface area contributed by atoms with E-state index in [0.717, 1.165) is 22.9 Å². The fourth-order valence-corrected chi connectivity index (χ4v) is 3.87. The Kier molecular flexibility index (Phi) is 6.38. The summed E-state index contributed by atoms with van der Waals surface area (Å²) in [5.41, 5.74) is 1.99.